The standard InChI is InChI=1S/C7H4BrClF2N2O/c8-3-1-2(12)4(7(10)11)5(13-3)6(9)14/h1,7H,(H2,12,13). The molecule has 0 aliphatic heterocycles. The normalized spacial score (nSPS) is 10.6. The number of nitrogen functional groups attached to an aromatic ring is 1. The number of halogens is 4. The fourth-order valence-corrected chi connectivity index (χ4v) is 1.49. The molecule has 0 aliphatic carbocycles. The van der Waals surface area contributed by atoms with Crippen molar-refractivity contribution in [1.29, 1.82) is 0 Å². The number of alkyl halides is 2. The van der Waals surface area contributed by atoms with E-state index in [1.165, 1.54) is 6.07 Å². The number of carbonyl (C=O) groups excluding carboxylic acids is 1. The molecule has 0 amide bonds. The Hall–Kier alpha value is -0.750. The summed E-state index contributed by atoms with van der Waals surface area (Å²) in [6.45, 7) is 0. The fourth-order valence-electron chi connectivity index (χ4n) is 0.921. The zero-order valence-corrected chi connectivity index (χ0v) is 8.94. The molecule has 2 N–H and O–H groups in total. The van der Waals surface area contributed by atoms with Gasteiger partial charge in [0.25, 0.3) is 11.7 Å². The molecular weight excluding hydrogens is 281 g/mol. The topological polar surface area (TPSA) is 56.0 Å². The van der Waals surface area contributed by atoms with Gasteiger partial charge in [0.1, 0.15) is 10.3 Å². The minimum absolute atomic E-state index is 0.184. The third-order valence-corrected chi connectivity index (χ3v) is 2.05. The highest BCUT2D eigenvalue weighted by Crippen LogP contribution is 2.30. The zero-order chi connectivity index (χ0) is 10.9. The molecule has 76 valence electrons. The average Bonchev–Trinajstić information content (AvgIpc) is 2.01. The highest BCUT2D eigenvalue weighted by atomic mass is 79.9. The van der Waals surface area contributed by atoms with Crippen LogP contribution in [0.15, 0.2) is 10.7 Å². The maximum atomic E-state index is 12.4. The van der Waals surface area contributed by atoms with Crippen LogP contribution in [0.5, 0.6) is 0 Å². The Morgan fingerprint density at radius 1 is 1.64 bits per heavy atom. The predicted molar refractivity (Wildman–Crippen MR) is 51.5 cm³/mol. The molecule has 1 aromatic rings. The van der Waals surface area contributed by atoms with E-state index in [1.807, 2.05) is 0 Å². The van der Waals surface area contributed by atoms with Crippen molar-refractivity contribution < 1.29 is 13.6 Å². The van der Waals surface area contributed by atoms with Gasteiger partial charge in [0.15, 0.2) is 0 Å². The van der Waals surface area contributed by atoms with Crippen molar-refractivity contribution >= 4 is 38.5 Å². The van der Waals surface area contributed by atoms with Crippen molar-refractivity contribution in [2.24, 2.45) is 0 Å². The van der Waals surface area contributed by atoms with E-state index < -0.39 is 22.9 Å². The van der Waals surface area contributed by atoms with E-state index in [2.05, 4.69) is 20.9 Å². The molecule has 0 spiro atoms. The molecule has 3 nitrogen and oxygen atoms in total. The Balaban J connectivity index is 3.44. The van der Waals surface area contributed by atoms with Crippen molar-refractivity contribution in [3.63, 3.8) is 0 Å². The summed E-state index contributed by atoms with van der Waals surface area (Å²) in [6, 6.07) is 1.19. The van der Waals surface area contributed by atoms with Crippen molar-refractivity contribution in [2.75, 3.05) is 5.73 Å². The number of hydrogen-bond acceptors (Lipinski definition) is 3. The predicted octanol–water partition coefficient (Wildman–Crippen LogP) is 2.74. The third-order valence-electron chi connectivity index (χ3n) is 1.46. The quantitative estimate of drug-likeness (QED) is 0.671. The summed E-state index contributed by atoms with van der Waals surface area (Å²) < 4.78 is 25.1. The van der Waals surface area contributed by atoms with Gasteiger partial charge in [0.2, 0.25) is 0 Å². The lowest BCUT2D eigenvalue weighted by atomic mass is 10.2. The van der Waals surface area contributed by atoms with E-state index >= 15 is 0 Å². The Morgan fingerprint density at radius 3 is 2.64 bits per heavy atom. The van der Waals surface area contributed by atoms with Gasteiger partial charge in [0.05, 0.1) is 5.56 Å². The number of anilines is 1. The highest BCUT2D eigenvalue weighted by molar-refractivity contribution is 9.10. The number of rotatable bonds is 2. The van der Waals surface area contributed by atoms with E-state index in [0.29, 0.717) is 0 Å². The maximum absolute atomic E-state index is 12.4. The van der Waals surface area contributed by atoms with Gasteiger partial charge in [-0.1, -0.05) is 0 Å². The van der Waals surface area contributed by atoms with Gasteiger partial charge in [-0.2, -0.15) is 0 Å². The van der Waals surface area contributed by atoms with Crippen molar-refractivity contribution in [1.82, 2.24) is 4.98 Å². The first kappa shape index (κ1) is 11.3. The van der Waals surface area contributed by atoms with Crippen LogP contribution in [0.3, 0.4) is 0 Å². The molecule has 0 saturated carbocycles. The minimum atomic E-state index is -2.88. The molecule has 0 aliphatic rings. The summed E-state index contributed by atoms with van der Waals surface area (Å²) in [6.07, 6.45) is -2.88. The van der Waals surface area contributed by atoms with Crippen LogP contribution in [0.1, 0.15) is 22.5 Å². The summed E-state index contributed by atoms with van der Waals surface area (Å²) in [4.78, 5) is 14.3. The summed E-state index contributed by atoms with van der Waals surface area (Å²) in [7, 11) is 0. The molecule has 0 atom stereocenters. The number of carbonyl (C=O) groups is 1. The Labute approximate surface area is 91.4 Å². The van der Waals surface area contributed by atoms with E-state index in [1.54, 1.807) is 0 Å². The molecule has 0 saturated heterocycles. The van der Waals surface area contributed by atoms with Gasteiger partial charge in [0, 0.05) is 5.69 Å². The summed E-state index contributed by atoms with van der Waals surface area (Å²) in [5.74, 6) is 0. The highest BCUT2D eigenvalue weighted by Gasteiger charge is 2.22. The molecule has 0 aromatic carbocycles. The zero-order valence-electron chi connectivity index (χ0n) is 6.60. The molecule has 0 bridgehead atoms. The van der Waals surface area contributed by atoms with Crippen LogP contribution in [0.4, 0.5) is 14.5 Å². The molecule has 1 heterocycles. The Kier molecular flexibility index (Phi) is 3.38. The van der Waals surface area contributed by atoms with Crippen LogP contribution in [0.25, 0.3) is 0 Å². The van der Waals surface area contributed by atoms with Crippen LogP contribution in [-0.2, 0) is 0 Å². The number of aromatic nitrogens is 1. The lowest BCUT2D eigenvalue weighted by Crippen LogP contribution is -2.06. The van der Waals surface area contributed by atoms with Crippen molar-refractivity contribution in [3.05, 3.63) is 21.9 Å². The van der Waals surface area contributed by atoms with Crippen LogP contribution in [0, 0.1) is 0 Å². The van der Waals surface area contributed by atoms with Crippen molar-refractivity contribution in [3.8, 4) is 0 Å². The summed E-state index contributed by atoms with van der Waals surface area (Å²) in [5.41, 5.74) is 3.93. The molecular formula is C7H4BrClF2N2O. The van der Waals surface area contributed by atoms with Gasteiger partial charge in [-0.3, -0.25) is 4.79 Å². The van der Waals surface area contributed by atoms with Gasteiger partial charge in [-0.15, -0.1) is 0 Å². The number of nitrogens with zero attached hydrogens (tertiary/aromatic N) is 1. The number of pyridine rings is 1. The first-order valence-corrected chi connectivity index (χ1v) is 4.54. The third kappa shape index (κ3) is 2.19. The van der Waals surface area contributed by atoms with Gasteiger partial charge in [-0.25, -0.2) is 13.8 Å². The Bertz CT molecular complexity index is 386. The Morgan fingerprint density at radius 2 is 2.21 bits per heavy atom. The number of hydrogen-bond donors (Lipinski definition) is 1. The van der Waals surface area contributed by atoms with E-state index in [9.17, 15) is 13.6 Å². The second-order valence-corrected chi connectivity index (χ2v) is 3.53. The summed E-state index contributed by atoms with van der Waals surface area (Å²) >= 11 is 8.00. The van der Waals surface area contributed by atoms with Crippen molar-refractivity contribution in [2.45, 2.75) is 6.43 Å². The first-order valence-electron chi connectivity index (χ1n) is 3.37. The van der Waals surface area contributed by atoms with E-state index in [4.69, 9.17) is 17.3 Å². The SMILES string of the molecule is Nc1cc(Br)nc(C(=O)Cl)c1C(F)F. The van der Waals surface area contributed by atoms with E-state index in [0.717, 1.165) is 0 Å². The minimum Gasteiger partial charge on any atom is -0.398 e. The van der Waals surface area contributed by atoms with Gasteiger partial charge >= 0.3 is 0 Å². The molecule has 7 heteroatoms. The maximum Gasteiger partial charge on any atom is 0.271 e. The molecule has 1 rings (SSSR count). The van der Waals surface area contributed by atoms with Crippen LogP contribution < -0.4 is 5.73 Å². The second kappa shape index (κ2) is 4.18. The fraction of sp³-hybridized carbons (Fsp3) is 0.143. The molecule has 14 heavy (non-hydrogen) atoms. The number of nitrogens with two attached hydrogens (primary N) is 1. The molecule has 1 aromatic heterocycles. The average molecular weight is 285 g/mol. The van der Waals surface area contributed by atoms with Crippen LogP contribution in [-0.4, -0.2) is 10.2 Å². The summed E-state index contributed by atoms with van der Waals surface area (Å²) in [5, 5.41) is -1.06. The van der Waals surface area contributed by atoms with Gasteiger partial charge < -0.3 is 5.73 Å². The monoisotopic (exact) mass is 284 g/mol. The largest absolute Gasteiger partial charge is 0.398 e. The molecule has 0 fully saturated rings. The van der Waals surface area contributed by atoms with E-state index in [-0.39, 0.29) is 10.3 Å². The lowest BCUT2D eigenvalue weighted by Gasteiger charge is -2.07. The second-order valence-electron chi connectivity index (χ2n) is 2.37. The molecule has 0 unspecified atom stereocenters. The van der Waals surface area contributed by atoms with Crippen LogP contribution in [0.2, 0.25) is 0 Å². The molecule has 0 radical (unpaired) electrons. The van der Waals surface area contributed by atoms with Crippen LogP contribution >= 0.6 is 27.5 Å². The smallest absolute Gasteiger partial charge is 0.271 e. The van der Waals surface area contributed by atoms with Gasteiger partial charge in [-0.05, 0) is 33.6 Å². The first-order chi connectivity index (χ1) is 6.43. The lowest BCUT2D eigenvalue weighted by molar-refractivity contribution is 0.106.